The molecule has 0 atom stereocenters. The zero-order valence-electron chi connectivity index (χ0n) is 6.02. The van der Waals surface area contributed by atoms with Gasteiger partial charge >= 0.3 is 5.97 Å². The Bertz CT molecular complexity index is 86.9. The van der Waals surface area contributed by atoms with E-state index in [0.29, 0.717) is 6.42 Å². The normalized spacial score (nSPS) is 7.22. The van der Waals surface area contributed by atoms with Gasteiger partial charge in [0, 0.05) is 6.42 Å². The quantitative estimate of drug-likeness (QED) is 0.430. The number of rotatable bonds is 3. The van der Waals surface area contributed by atoms with Gasteiger partial charge in [0.25, 0.3) is 0 Å². The van der Waals surface area contributed by atoms with Crippen molar-refractivity contribution in [1.82, 2.24) is 0 Å². The van der Waals surface area contributed by atoms with E-state index in [1.54, 1.807) is 0 Å². The van der Waals surface area contributed by atoms with Gasteiger partial charge in [0.2, 0.25) is 0 Å². The van der Waals surface area contributed by atoms with Crippen LogP contribution in [-0.2, 0) is 9.53 Å². The molecule has 0 fully saturated rings. The first-order valence-electron chi connectivity index (χ1n) is 2.61. The van der Waals surface area contributed by atoms with Crippen LogP contribution in [0.3, 0.4) is 0 Å². The molecule has 2 nitrogen and oxygen atoms in total. The molecule has 0 saturated heterocycles. The van der Waals surface area contributed by atoms with E-state index >= 15 is 0 Å². The smallest absolute Gasteiger partial charge is 0.310 e. The Morgan fingerprint density at radius 1 is 1.78 bits per heavy atom. The van der Waals surface area contributed by atoms with Gasteiger partial charge in [-0.15, -0.1) is 0 Å². The Morgan fingerprint density at radius 2 is 2.33 bits per heavy atom. The molecule has 0 rings (SSSR count). The van der Waals surface area contributed by atoms with Gasteiger partial charge in [0.15, 0.2) is 0 Å². The third-order valence-corrected chi connectivity index (χ3v) is 0.669. The number of hydrogen-bond acceptors (Lipinski definition) is 2. The summed E-state index contributed by atoms with van der Waals surface area (Å²) in [6.07, 6.45) is 2.46. The second kappa shape index (κ2) is 7.21. The van der Waals surface area contributed by atoms with E-state index in [9.17, 15) is 4.79 Å². The van der Waals surface area contributed by atoms with Gasteiger partial charge in [-0.25, -0.2) is 0 Å². The summed E-state index contributed by atoms with van der Waals surface area (Å²) in [6, 6.07) is 0. The molecule has 0 aromatic carbocycles. The molecule has 53 valence electrons. The van der Waals surface area contributed by atoms with Crippen LogP contribution in [0.5, 0.6) is 0 Å². The van der Waals surface area contributed by atoms with Gasteiger partial charge in [-0.1, -0.05) is 20.9 Å². The monoisotopic (exact) mass is 129 g/mol. The van der Waals surface area contributed by atoms with Crippen LogP contribution in [0.15, 0.2) is 12.8 Å². The largest absolute Gasteiger partial charge is 0.435 e. The summed E-state index contributed by atoms with van der Waals surface area (Å²) >= 11 is 0. The molecule has 0 aliphatic rings. The van der Waals surface area contributed by atoms with E-state index in [4.69, 9.17) is 0 Å². The number of esters is 1. The van der Waals surface area contributed by atoms with Crippen LogP contribution in [0.1, 0.15) is 19.8 Å². The maximum Gasteiger partial charge on any atom is 0.310 e. The lowest BCUT2D eigenvalue weighted by atomic mass is 10.3. The lowest BCUT2D eigenvalue weighted by Crippen LogP contribution is -1.96. The molecule has 0 bridgehead atoms. The Balaban J connectivity index is 0. The number of ether oxygens (including phenoxy) is 1. The second-order valence-electron chi connectivity index (χ2n) is 1.41. The summed E-state index contributed by atoms with van der Waals surface area (Å²) in [5, 5.41) is 0. The molecule has 0 heterocycles. The first-order chi connectivity index (χ1) is 3.81. The zero-order chi connectivity index (χ0) is 6.41. The summed E-state index contributed by atoms with van der Waals surface area (Å²) in [4.78, 5) is 10.3. The zero-order valence-corrected chi connectivity index (χ0v) is 6.02. The highest BCUT2D eigenvalue weighted by molar-refractivity contribution is 5.69. The lowest BCUT2D eigenvalue weighted by molar-refractivity contribution is -0.137. The minimum absolute atomic E-state index is 0. The molecule has 1 radical (unpaired) electrons. The molecule has 0 aromatic heterocycles. The van der Waals surface area contributed by atoms with Gasteiger partial charge in [-0.3, -0.25) is 4.79 Å². The van der Waals surface area contributed by atoms with Crippen LogP contribution in [0.25, 0.3) is 0 Å². The fourth-order valence-corrected chi connectivity index (χ4v) is 0.356. The highest BCUT2D eigenvalue weighted by Crippen LogP contribution is 1.89. The van der Waals surface area contributed by atoms with Crippen LogP contribution in [0.2, 0.25) is 0 Å². The van der Waals surface area contributed by atoms with Crippen molar-refractivity contribution in [1.29, 1.82) is 0 Å². The summed E-state index contributed by atoms with van der Waals surface area (Å²) in [5.74, 6) is -0.206. The molecule has 0 unspecified atom stereocenters. The molecule has 0 saturated carbocycles. The summed E-state index contributed by atoms with van der Waals surface area (Å²) < 4.78 is 4.41. The van der Waals surface area contributed by atoms with E-state index in [1.807, 2.05) is 6.92 Å². The molecule has 2 heteroatoms. The molecule has 0 aromatic rings. The molecule has 9 heavy (non-hydrogen) atoms. The van der Waals surface area contributed by atoms with Crippen LogP contribution in [0.4, 0.5) is 0 Å². The summed E-state index contributed by atoms with van der Waals surface area (Å²) in [7, 11) is 0. The average Bonchev–Trinajstić information content (AvgIpc) is 1.68. The maximum atomic E-state index is 10.3. The van der Waals surface area contributed by atoms with Gasteiger partial charge in [0.05, 0.1) is 6.26 Å². The predicted molar refractivity (Wildman–Crippen MR) is 37.6 cm³/mol. The van der Waals surface area contributed by atoms with Gasteiger partial charge in [-0.2, -0.15) is 0 Å². The predicted octanol–water partition coefficient (Wildman–Crippen LogP) is 1.92. The summed E-state index contributed by atoms with van der Waals surface area (Å²) in [5.41, 5.74) is 0. The molecule has 0 spiro atoms. The molecule has 0 aliphatic carbocycles. The van der Waals surface area contributed by atoms with Crippen molar-refractivity contribution in [2.45, 2.75) is 19.8 Å². The van der Waals surface area contributed by atoms with E-state index in [-0.39, 0.29) is 13.4 Å². The third-order valence-electron chi connectivity index (χ3n) is 0.669. The van der Waals surface area contributed by atoms with Gasteiger partial charge < -0.3 is 4.74 Å². The van der Waals surface area contributed by atoms with Crippen LogP contribution >= 0.6 is 0 Å². The molecule has 0 N–H and O–H groups in total. The van der Waals surface area contributed by atoms with E-state index in [0.717, 1.165) is 12.7 Å². The van der Waals surface area contributed by atoms with Crippen LogP contribution < -0.4 is 0 Å². The van der Waals surface area contributed by atoms with Crippen molar-refractivity contribution < 1.29 is 9.53 Å². The van der Waals surface area contributed by atoms with Crippen molar-refractivity contribution >= 4 is 5.97 Å². The highest BCUT2D eigenvalue weighted by Gasteiger charge is 1.94. The molecule has 0 aliphatic heterocycles. The fraction of sp³-hybridized carbons (Fsp3) is 0.429. The third kappa shape index (κ3) is 7.21. The topological polar surface area (TPSA) is 26.3 Å². The summed E-state index contributed by atoms with van der Waals surface area (Å²) in [6.45, 7) is 5.16. The first-order valence-corrected chi connectivity index (χ1v) is 2.61. The minimum Gasteiger partial charge on any atom is -0.435 e. The second-order valence-corrected chi connectivity index (χ2v) is 1.41. The lowest BCUT2D eigenvalue weighted by Gasteiger charge is -1.92. The Morgan fingerprint density at radius 3 is 2.67 bits per heavy atom. The molecular formula is C7H13O2. The van der Waals surface area contributed by atoms with Crippen molar-refractivity contribution in [3.63, 3.8) is 0 Å². The van der Waals surface area contributed by atoms with Crippen molar-refractivity contribution in [3.8, 4) is 0 Å². The van der Waals surface area contributed by atoms with Crippen molar-refractivity contribution in [3.05, 3.63) is 20.3 Å². The molecular weight excluding hydrogens is 116 g/mol. The highest BCUT2D eigenvalue weighted by atomic mass is 16.5. The van der Waals surface area contributed by atoms with Crippen LogP contribution in [-0.4, -0.2) is 5.97 Å². The van der Waals surface area contributed by atoms with Gasteiger partial charge in [-0.05, 0) is 6.42 Å². The Labute approximate surface area is 56.5 Å². The van der Waals surface area contributed by atoms with E-state index < -0.39 is 0 Å². The van der Waals surface area contributed by atoms with E-state index in [1.165, 1.54) is 0 Å². The Hall–Kier alpha value is -0.790. The number of carbonyl (C=O) groups is 1. The minimum atomic E-state index is -0.206. The SMILES string of the molecule is C=COC(=O)CCC.[CH3]. The van der Waals surface area contributed by atoms with Crippen molar-refractivity contribution in [2.75, 3.05) is 0 Å². The standard InChI is InChI=1S/C6H10O2.CH3/c1-3-5-6(7)8-4-2;/h4H,2-3,5H2,1H3;1H3. The van der Waals surface area contributed by atoms with Gasteiger partial charge in [0.1, 0.15) is 0 Å². The molecule has 0 amide bonds. The Kier molecular flexibility index (Phi) is 8.87. The van der Waals surface area contributed by atoms with E-state index in [2.05, 4.69) is 11.3 Å². The van der Waals surface area contributed by atoms with Crippen molar-refractivity contribution in [2.24, 2.45) is 0 Å². The first kappa shape index (κ1) is 11.1. The number of carbonyl (C=O) groups excluding carboxylic acids is 1. The van der Waals surface area contributed by atoms with Crippen LogP contribution in [0, 0.1) is 7.43 Å². The maximum absolute atomic E-state index is 10.3. The average molecular weight is 129 g/mol. The fourth-order valence-electron chi connectivity index (χ4n) is 0.356. The number of hydrogen-bond donors (Lipinski definition) is 0.